The van der Waals surface area contributed by atoms with Crippen LogP contribution in [-0.4, -0.2) is 0 Å². The SMILES string of the molecule is c1ccc(Nc2ccccc2-c2ccc3ccccc3c2)cc1. The highest BCUT2D eigenvalue weighted by Crippen LogP contribution is 2.32. The molecule has 110 valence electrons. The summed E-state index contributed by atoms with van der Waals surface area (Å²) in [6.45, 7) is 0. The van der Waals surface area contributed by atoms with Crippen molar-refractivity contribution in [2.24, 2.45) is 0 Å². The van der Waals surface area contributed by atoms with E-state index < -0.39 is 0 Å². The van der Waals surface area contributed by atoms with E-state index in [1.54, 1.807) is 0 Å². The minimum Gasteiger partial charge on any atom is -0.355 e. The van der Waals surface area contributed by atoms with Gasteiger partial charge in [0, 0.05) is 16.9 Å². The van der Waals surface area contributed by atoms with Crippen LogP contribution in [0.5, 0.6) is 0 Å². The number of fused-ring (bicyclic) bond motifs is 1. The molecule has 0 aliphatic rings. The lowest BCUT2D eigenvalue weighted by atomic mass is 10.00. The molecule has 0 saturated carbocycles. The van der Waals surface area contributed by atoms with Crippen LogP contribution in [0, 0.1) is 0 Å². The van der Waals surface area contributed by atoms with Crippen LogP contribution in [-0.2, 0) is 0 Å². The Bertz CT molecular complexity index is 942. The maximum Gasteiger partial charge on any atom is 0.0463 e. The number of para-hydroxylation sites is 2. The van der Waals surface area contributed by atoms with E-state index in [1.807, 2.05) is 18.2 Å². The summed E-state index contributed by atoms with van der Waals surface area (Å²) < 4.78 is 0. The highest BCUT2D eigenvalue weighted by Gasteiger charge is 2.05. The van der Waals surface area contributed by atoms with Gasteiger partial charge in [-0.3, -0.25) is 0 Å². The summed E-state index contributed by atoms with van der Waals surface area (Å²) in [4.78, 5) is 0. The first-order valence-electron chi connectivity index (χ1n) is 7.80. The molecule has 1 heteroatoms. The van der Waals surface area contributed by atoms with Crippen LogP contribution in [0.15, 0.2) is 97.1 Å². The number of hydrogen-bond donors (Lipinski definition) is 1. The van der Waals surface area contributed by atoms with Crippen molar-refractivity contribution in [2.45, 2.75) is 0 Å². The van der Waals surface area contributed by atoms with Gasteiger partial charge in [-0.25, -0.2) is 0 Å². The zero-order valence-corrected chi connectivity index (χ0v) is 12.7. The van der Waals surface area contributed by atoms with Gasteiger partial charge in [-0.05, 0) is 40.6 Å². The molecule has 0 heterocycles. The van der Waals surface area contributed by atoms with Gasteiger partial charge in [-0.2, -0.15) is 0 Å². The van der Waals surface area contributed by atoms with E-state index in [1.165, 1.54) is 21.9 Å². The van der Waals surface area contributed by atoms with Gasteiger partial charge in [-0.15, -0.1) is 0 Å². The highest BCUT2D eigenvalue weighted by atomic mass is 14.9. The highest BCUT2D eigenvalue weighted by molar-refractivity contribution is 5.90. The Balaban J connectivity index is 1.78. The van der Waals surface area contributed by atoms with Gasteiger partial charge in [0.15, 0.2) is 0 Å². The summed E-state index contributed by atoms with van der Waals surface area (Å²) in [5.74, 6) is 0. The minimum absolute atomic E-state index is 1.10. The summed E-state index contributed by atoms with van der Waals surface area (Å²) in [5, 5.41) is 6.05. The number of hydrogen-bond acceptors (Lipinski definition) is 1. The zero-order chi connectivity index (χ0) is 15.5. The van der Waals surface area contributed by atoms with Crippen LogP contribution in [0.2, 0.25) is 0 Å². The van der Waals surface area contributed by atoms with Crippen molar-refractivity contribution in [3.8, 4) is 11.1 Å². The third-order valence-electron chi connectivity index (χ3n) is 4.04. The van der Waals surface area contributed by atoms with Gasteiger partial charge < -0.3 is 5.32 Å². The predicted molar refractivity (Wildman–Crippen MR) is 99.1 cm³/mol. The molecule has 23 heavy (non-hydrogen) atoms. The Morgan fingerprint density at radius 1 is 0.522 bits per heavy atom. The predicted octanol–water partition coefficient (Wildman–Crippen LogP) is 6.25. The molecule has 0 aromatic heterocycles. The minimum atomic E-state index is 1.10. The van der Waals surface area contributed by atoms with Crippen molar-refractivity contribution < 1.29 is 0 Å². The first-order chi connectivity index (χ1) is 11.4. The molecule has 4 aromatic carbocycles. The summed E-state index contributed by atoms with van der Waals surface area (Å²) in [6.07, 6.45) is 0. The van der Waals surface area contributed by atoms with Crippen molar-refractivity contribution in [1.82, 2.24) is 0 Å². The van der Waals surface area contributed by atoms with Gasteiger partial charge >= 0.3 is 0 Å². The van der Waals surface area contributed by atoms with Crippen molar-refractivity contribution in [1.29, 1.82) is 0 Å². The number of rotatable bonds is 3. The summed E-state index contributed by atoms with van der Waals surface area (Å²) in [6, 6.07) is 33.8. The third-order valence-corrected chi connectivity index (χ3v) is 4.04. The van der Waals surface area contributed by atoms with Gasteiger partial charge in [0.25, 0.3) is 0 Å². The van der Waals surface area contributed by atoms with Crippen LogP contribution in [0.1, 0.15) is 0 Å². The van der Waals surface area contributed by atoms with Crippen molar-refractivity contribution in [2.75, 3.05) is 5.32 Å². The first-order valence-corrected chi connectivity index (χ1v) is 7.80. The molecule has 0 saturated heterocycles. The van der Waals surface area contributed by atoms with E-state index >= 15 is 0 Å². The summed E-state index contributed by atoms with van der Waals surface area (Å²) in [7, 11) is 0. The molecule has 0 radical (unpaired) electrons. The Labute approximate surface area is 136 Å². The fourth-order valence-electron chi connectivity index (χ4n) is 2.88. The van der Waals surface area contributed by atoms with Crippen molar-refractivity contribution in [3.63, 3.8) is 0 Å². The molecule has 0 unspecified atom stereocenters. The van der Waals surface area contributed by atoms with Crippen LogP contribution >= 0.6 is 0 Å². The second-order valence-corrected chi connectivity index (χ2v) is 5.60. The topological polar surface area (TPSA) is 12.0 Å². The molecule has 1 nitrogen and oxygen atoms in total. The van der Waals surface area contributed by atoms with E-state index in [0.29, 0.717) is 0 Å². The molecular weight excluding hydrogens is 278 g/mol. The van der Waals surface area contributed by atoms with Crippen LogP contribution in [0.25, 0.3) is 21.9 Å². The van der Waals surface area contributed by atoms with Gasteiger partial charge in [0.2, 0.25) is 0 Å². The number of benzene rings is 4. The van der Waals surface area contributed by atoms with Crippen LogP contribution < -0.4 is 5.32 Å². The Morgan fingerprint density at radius 2 is 1.22 bits per heavy atom. The third kappa shape index (κ3) is 2.82. The fourth-order valence-corrected chi connectivity index (χ4v) is 2.88. The molecule has 0 aliphatic carbocycles. The molecule has 0 spiro atoms. The molecule has 0 fully saturated rings. The first kappa shape index (κ1) is 13.6. The second kappa shape index (κ2) is 5.98. The maximum absolute atomic E-state index is 3.52. The Morgan fingerprint density at radius 3 is 2.09 bits per heavy atom. The van der Waals surface area contributed by atoms with Gasteiger partial charge in [0.05, 0.1) is 0 Å². The van der Waals surface area contributed by atoms with E-state index in [0.717, 1.165) is 11.4 Å². The zero-order valence-electron chi connectivity index (χ0n) is 12.7. The molecule has 0 bridgehead atoms. The van der Waals surface area contributed by atoms with E-state index in [4.69, 9.17) is 0 Å². The smallest absolute Gasteiger partial charge is 0.0463 e. The largest absolute Gasteiger partial charge is 0.355 e. The Hall–Kier alpha value is -3.06. The average Bonchev–Trinajstić information content (AvgIpc) is 2.63. The molecule has 0 atom stereocenters. The average molecular weight is 295 g/mol. The van der Waals surface area contributed by atoms with Crippen LogP contribution in [0.4, 0.5) is 11.4 Å². The van der Waals surface area contributed by atoms with E-state index in [9.17, 15) is 0 Å². The molecule has 0 amide bonds. The molecule has 0 aliphatic heterocycles. The quantitative estimate of drug-likeness (QED) is 0.471. The Kier molecular flexibility index (Phi) is 3.53. The van der Waals surface area contributed by atoms with Crippen molar-refractivity contribution in [3.05, 3.63) is 97.1 Å². The number of nitrogens with one attached hydrogen (secondary N) is 1. The lowest BCUT2D eigenvalue weighted by Crippen LogP contribution is -1.92. The summed E-state index contributed by atoms with van der Waals surface area (Å²) >= 11 is 0. The van der Waals surface area contributed by atoms with Gasteiger partial charge in [-0.1, -0.05) is 72.8 Å². The second-order valence-electron chi connectivity index (χ2n) is 5.60. The fraction of sp³-hybridized carbons (Fsp3) is 0. The van der Waals surface area contributed by atoms with Crippen LogP contribution in [0.3, 0.4) is 0 Å². The monoisotopic (exact) mass is 295 g/mol. The number of anilines is 2. The lowest BCUT2D eigenvalue weighted by molar-refractivity contribution is 1.54. The maximum atomic E-state index is 3.52. The lowest BCUT2D eigenvalue weighted by Gasteiger charge is -2.13. The van der Waals surface area contributed by atoms with E-state index in [-0.39, 0.29) is 0 Å². The van der Waals surface area contributed by atoms with E-state index in [2.05, 4.69) is 84.2 Å². The molecule has 1 N–H and O–H groups in total. The normalized spacial score (nSPS) is 10.6. The van der Waals surface area contributed by atoms with Crippen molar-refractivity contribution >= 4 is 22.1 Å². The van der Waals surface area contributed by atoms with Gasteiger partial charge in [0.1, 0.15) is 0 Å². The summed E-state index contributed by atoms with van der Waals surface area (Å²) in [5.41, 5.74) is 4.65. The standard InChI is InChI=1S/C22H17N/c1-2-10-20(11-3-1)23-22-13-7-6-12-21(22)19-15-14-17-8-4-5-9-18(17)16-19/h1-16,23H. The molecular formula is C22H17N. The molecule has 4 aromatic rings. The molecule has 4 rings (SSSR count).